The Bertz CT molecular complexity index is 2090. The van der Waals surface area contributed by atoms with Gasteiger partial charge in [0, 0.05) is 28.0 Å². The second-order valence-electron chi connectivity index (χ2n) is 9.66. The van der Waals surface area contributed by atoms with Gasteiger partial charge < -0.3 is 8.98 Å². The lowest BCUT2D eigenvalue weighted by Crippen LogP contribution is -1.94. The second kappa shape index (κ2) is 8.19. The molecule has 0 aliphatic rings. The van der Waals surface area contributed by atoms with Gasteiger partial charge in [0.05, 0.1) is 11.0 Å². The summed E-state index contributed by atoms with van der Waals surface area (Å²) in [6.45, 7) is 0. The first-order valence-corrected chi connectivity index (χ1v) is 12.8. The first kappa shape index (κ1) is 21.0. The third-order valence-corrected chi connectivity index (χ3v) is 7.44. The summed E-state index contributed by atoms with van der Waals surface area (Å²) >= 11 is 0. The summed E-state index contributed by atoms with van der Waals surface area (Å²) < 4.78 is 8.35. The summed E-state index contributed by atoms with van der Waals surface area (Å²) in [6, 6.07) is 45.0. The topological polar surface area (TPSA) is 31.0 Å². The molecule has 5 aromatic carbocycles. The van der Waals surface area contributed by atoms with E-state index in [1.54, 1.807) is 0 Å². The molecule has 0 saturated heterocycles. The van der Waals surface area contributed by atoms with Crippen LogP contribution in [-0.4, -0.2) is 9.55 Å². The first-order chi connectivity index (χ1) is 18.8. The molecule has 0 bridgehead atoms. The van der Waals surface area contributed by atoms with E-state index in [4.69, 9.17) is 4.42 Å². The molecule has 8 aromatic rings. The summed E-state index contributed by atoms with van der Waals surface area (Å²) in [7, 11) is 0. The number of hydrogen-bond donors (Lipinski definition) is 0. The lowest BCUT2D eigenvalue weighted by Gasteiger charge is -2.11. The molecule has 8 rings (SSSR count). The van der Waals surface area contributed by atoms with Crippen LogP contribution >= 0.6 is 0 Å². The molecule has 0 unspecified atom stereocenters. The van der Waals surface area contributed by atoms with Crippen molar-refractivity contribution in [2.24, 2.45) is 0 Å². The van der Waals surface area contributed by atoms with E-state index in [1.807, 2.05) is 24.4 Å². The number of nitrogens with zero attached hydrogens (tertiary/aromatic N) is 2. The van der Waals surface area contributed by atoms with Gasteiger partial charge in [-0.25, -0.2) is 0 Å². The van der Waals surface area contributed by atoms with Crippen molar-refractivity contribution in [3.05, 3.63) is 134 Å². The van der Waals surface area contributed by atoms with Crippen molar-refractivity contribution in [3.63, 3.8) is 0 Å². The molecule has 0 radical (unpaired) electrons. The van der Waals surface area contributed by atoms with Gasteiger partial charge in [0.2, 0.25) is 0 Å². The fourth-order valence-corrected chi connectivity index (χ4v) is 5.68. The SMILES string of the molecule is c1cc(-c2cccc(-n3c4ccccc4c4ccccc43)c2)cc(-c2ccc3oc4cccnc4c3c2)c1. The fraction of sp³-hybridized carbons (Fsp3) is 0. The van der Waals surface area contributed by atoms with Gasteiger partial charge in [-0.3, -0.25) is 4.98 Å². The zero-order chi connectivity index (χ0) is 25.1. The maximum Gasteiger partial charge on any atom is 0.153 e. The van der Waals surface area contributed by atoms with Crippen molar-refractivity contribution in [1.29, 1.82) is 0 Å². The Morgan fingerprint density at radius 1 is 0.474 bits per heavy atom. The Hall–Kier alpha value is -5.15. The molecule has 0 spiro atoms. The van der Waals surface area contributed by atoms with Crippen LogP contribution in [0.4, 0.5) is 0 Å². The molecule has 0 aliphatic carbocycles. The van der Waals surface area contributed by atoms with Crippen LogP contribution < -0.4 is 0 Å². The first-order valence-electron chi connectivity index (χ1n) is 12.8. The van der Waals surface area contributed by atoms with Gasteiger partial charge in [-0.2, -0.15) is 0 Å². The highest BCUT2D eigenvalue weighted by Crippen LogP contribution is 2.35. The minimum atomic E-state index is 0.815. The Labute approximate surface area is 219 Å². The average Bonchev–Trinajstić information content (AvgIpc) is 3.53. The van der Waals surface area contributed by atoms with E-state index in [-0.39, 0.29) is 0 Å². The molecule has 0 saturated carbocycles. The van der Waals surface area contributed by atoms with E-state index in [2.05, 4.69) is 119 Å². The smallest absolute Gasteiger partial charge is 0.153 e. The summed E-state index contributed by atoms with van der Waals surface area (Å²) in [5, 5.41) is 3.58. The molecule has 0 atom stereocenters. The van der Waals surface area contributed by atoms with Crippen LogP contribution in [-0.2, 0) is 0 Å². The lowest BCUT2D eigenvalue weighted by molar-refractivity contribution is 0.668. The van der Waals surface area contributed by atoms with E-state index >= 15 is 0 Å². The van der Waals surface area contributed by atoms with E-state index in [0.717, 1.165) is 38.9 Å². The number of para-hydroxylation sites is 2. The molecular formula is C35H22N2O. The van der Waals surface area contributed by atoms with Crippen LogP contribution in [0.15, 0.2) is 138 Å². The molecule has 0 fully saturated rings. The third kappa shape index (κ3) is 3.19. The molecule has 3 heteroatoms. The highest BCUT2D eigenvalue weighted by atomic mass is 16.3. The molecule has 3 heterocycles. The Morgan fingerprint density at radius 3 is 1.89 bits per heavy atom. The molecule has 178 valence electrons. The van der Waals surface area contributed by atoms with Gasteiger partial charge in [0.25, 0.3) is 0 Å². The number of aromatic nitrogens is 2. The van der Waals surface area contributed by atoms with Crippen LogP contribution in [0.25, 0.3) is 71.8 Å². The van der Waals surface area contributed by atoms with E-state index in [0.29, 0.717) is 0 Å². The van der Waals surface area contributed by atoms with Crippen molar-refractivity contribution in [2.45, 2.75) is 0 Å². The van der Waals surface area contributed by atoms with Crippen molar-refractivity contribution >= 4 is 43.9 Å². The monoisotopic (exact) mass is 486 g/mol. The van der Waals surface area contributed by atoms with Crippen molar-refractivity contribution in [2.75, 3.05) is 0 Å². The van der Waals surface area contributed by atoms with Crippen LogP contribution in [0.2, 0.25) is 0 Å². The number of furan rings is 1. The maximum atomic E-state index is 5.98. The quantitative estimate of drug-likeness (QED) is 0.249. The number of pyridine rings is 1. The van der Waals surface area contributed by atoms with E-state index < -0.39 is 0 Å². The van der Waals surface area contributed by atoms with E-state index in [9.17, 15) is 0 Å². The lowest BCUT2D eigenvalue weighted by atomic mass is 9.98. The molecule has 0 aliphatic heterocycles. The molecule has 3 nitrogen and oxygen atoms in total. The molecule has 0 amide bonds. The minimum absolute atomic E-state index is 0.815. The minimum Gasteiger partial charge on any atom is -0.454 e. The molecule has 3 aromatic heterocycles. The average molecular weight is 487 g/mol. The zero-order valence-corrected chi connectivity index (χ0v) is 20.5. The van der Waals surface area contributed by atoms with Gasteiger partial charge in [-0.15, -0.1) is 0 Å². The van der Waals surface area contributed by atoms with Gasteiger partial charge in [0.1, 0.15) is 11.1 Å². The number of rotatable bonds is 3. The normalized spacial score (nSPS) is 11.7. The van der Waals surface area contributed by atoms with Crippen LogP contribution in [0.3, 0.4) is 0 Å². The molecule has 0 N–H and O–H groups in total. The van der Waals surface area contributed by atoms with Gasteiger partial charge in [0.15, 0.2) is 5.58 Å². The predicted octanol–water partition coefficient (Wildman–Crippen LogP) is 9.41. The maximum absolute atomic E-state index is 5.98. The van der Waals surface area contributed by atoms with Crippen LogP contribution in [0.1, 0.15) is 0 Å². The van der Waals surface area contributed by atoms with Gasteiger partial charge in [-0.1, -0.05) is 72.8 Å². The Balaban J connectivity index is 1.25. The van der Waals surface area contributed by atoms with E-state index in [1.165, 1.54) is 32.9 Å². The van der Waals surface area contributed by atoms with Crippen LogP contribution in [0, 0.1) is 0 Å². The third-order valence-electron chi connectivity index (χ3n) is 7.44. The summed E-state index contributed by atoms with van der Waals surface area (Å²) in [6.07, 6.45) is 1.81. The van der Waals surface area contributed by atoms with Crippen LogP contribution in [0.5, 0.6) is 0 Å². The van der Waals surface area contributed by atoms with Gasteiger partial charge in [-0.05, 0) is 76.9 Å². The Kier molecular flexibility index (Phi) is 4.52. The standard InChI is InChI=1S/C35H22N2O/c1-3-14-31-28(12-1)29-13-2-4-15-32(29)37(31)27-11-6-10-25(21-27)23-8-5-9-24(20-23)26-17-18-33-30(22-26)35-34(38-33)16-7-19-36-35/h1-22H. The predicted molar refractivity (Wildman–Crippen MR) is 157 cm³/mol. The summed E-state index contributed by atoms with van der Waals surface area (Å²) in [5.74, 6) is 0. The Morgan fingerprint density at radius 2 is 1.13 bits per heavy atom. The highest BCUT2D eigenvalue weighted by Gasteiger charge is 2.13. The second-order valence-corrected chi connectivity index (χ2v) is 9.66. The number of fused-ring (bicyclic) bond motifs is 6. The summed E-state index contributed by atoms with van der Waals surface area (Å²) in [4.78, 5) is 4.55. The van der Waals surface area contributed by atoms with Crippen molar-refractivity contribution < 1.29 is 4.42 Å². The van der Waals surface area contributed by atoms with Gasteiger partial charge >= 0.3 is 0 Å². The molecular weight excluding hydrogens is 464 g/mol. The molecule has 38 heavy (non-hydrogen) atoms. The summed E-state index contributed by atoms with van der Waals surface area (Å²) in [5.41, 5.74) is 10.8. The number of benzene rings is 5. The van der Waals surface area contributed by atoms with Crippen molar-refractivity contribution in [1.82, 2.24) is 9.55 Å². The number of hydrogen-bond acceptors (Lipinski definition) is 2. The largest absolute Gasteiger partial charge is 0.454 e. The van der Waals surface area contributed by atoms with Crippen molar-refractivity contribution in [3.8, 4) is 27.9 Å². The fourth-order valence-electron chi connectivity index (χ4n) is 5.68. The zero-order valence-electron chi connectivity index (χ0n) is 20.5. The highest BCUT2D eigenvalue weighted by molar-refractivity contribution is 6.09.